The molecule has 5 heteroatoms. The van der Waals surface area contributed by atoms with Gasteiger partial charge >= 0.3 is 5.97 Å². The molecule has 0 unspecified atom stereocenters. The molecule has 0 aliphatic heterocycles. The van der Waals surface area contributed by atoms with Gasteiger partial charge in [-0.1, -0.05) is 6.92 Å². The standard InChI is InChI=1S/C13H19N3O2/c1-4-13(6-5-7-13)14-11-10(12(17)18)8(2)9(3)15-16-11/h4-7H2,1-3H3,(H,14,16)(H,17,18). The van der Waals surface area contributed by atoms with Crippen LogP contribution < -0.4 is 5.32 Å². The molecule has 0 atom stereocenters. The minimum atomic E-state index is -0.946. The highest BCUT2D eigenvalue weighted by Gasteiger charge is 2.36. The Kier molecular flexibility index (Phi) is 3.24. The molecule has 18 heavy (non-hydrogen) atoms. The molecule has 2 rings (SSSR count). The van der Waals surface area contributed by atoms with Crippen LogP contribution in [0.5, 0.6) is 0 Å². The number of aromatic carboxylic acids is 1. The van der Waals surface area contributed by atoms with E-state index in [4.69, 9.17) is 0 Å². The molecule has 1 aromatic heterocycles. The number of nitrogens with zero attached hydrogens (tertiary/aromatic N) is 2. The van der Waals surface area contributed by atoms with Gasteiger partial charge in [0.1, 0.15) is 5.56 Å². The number of hydrogen-bond acceptors (Lipinski definition) is 4. The van der Waals surface area contributed by atoms with Gasteiger partial charge in [0.05, 0.1) is 5.69 Å². The van der Waals surface area contributed by atoms with Crippen molar-refractivity contribution in [3.63, 3.8) is 0 Å². The third-order valence-electron chi connectivity index (χ3n) is 4.04. The molecule has 0 saturated heterocycles. The zero-order chi connectivity index (χ0) is 13.3. The lowest BCUT2D eigenvalue weighted by Gasteiger charge is -2.42. The number of carboxylic acids is 1. The van der Waals surface area contributed by atoms with Crippen LogP contribution >= 0.6 is 0 Å². The van der Waals surface area contributed by atoms with Crippen molar-refractivity contribution in [3.05, 3.63) is 16.8 Å². The van der Waals surface area contributed by atoms with Crippen molar-refractivity contribution in [1.82, 2.24) is 10.2 Å². The van der Waals surface area contributed by atoms with Crippen molar-refractivity contribution in [2.24, 2.45) is 0 Å². The van der Waals surface area contributed by atoms with Gasteiger partial charge in [0, 0.05) is 5.54 Å². The largest absolute Gasteiger partial charge is 0.478 e. The second-order valence-electron chi connectivity index (χ2n) is 5.05. The number of aryl methyl sites for hydroxylation is 1. The van der Waals surface area contributed by atoms with E-state index < -0.39 is 5.97 Å². The molecule has 0 amide bonds. The van der Waals surface area contributed by atoms with Gasteiger partial charge in [-0.25, -0.2) is 4.79 Å². The zero-order valence-electron chi connectivity index (χ0n) is 11.1. The van der Waals surface area contributed by atoms with Gasteiger partial charge < -0.3 is 10.4 Å². The Hall–Kier alpha value is -1.65. The lowest BCUT2D eigenvalue weighted by molar-refractivity contribution is 0.0696. The number of hydrogen-bond donors (Lipinski definition) is 2. The highest BCUT2D eigenvalue weighted by molar-refractivity contribution is 5.95. The van der Waals surface area contributed by atoms with Crippen molar-refractivity contribution >= 4 is 11.8 Å². The van der Waals surface area contributed by atoms with Gasteiger partial charge in [0.2, 0.25) is 0 Å². The summed E-state index contributed by atoms with van der Waals surface area (Å²) >= 11 is 0. The molecule has 0 radical (unpaired) electrons. The SMILES string of the molecule is CCC1(Nc2nnc(C)c(C)c2C(=O)O)CCC1. The van der Waals surface area contributed by atoms with Crippen molar-refractivity contribution in [2.45, 2.75) is 52.0 Å². The number of rotatable bonds is 4. The molecule has 2 N–H and O–H groups in total. The summed E-state index contributed by atoms with van der Waals surface area (Å²) in [6.07, 6.45) is 4.29. The van der Waals surface area contributed by atoms with E-state index in [-0.39, 0.29) is 11.1 Å². The molecule has 0 spiro atoms. The highest BCUT2D eigenvalue weighted by atomic mass is 16.4. The van der Waals surface area contributed by atoms with Crippen LogP contribution in [0, 0.1) is 13.8 Å². The first kappa shape index (κ1) is 12.8. The Bertz CT molecular complexity index is 476. The van der Waals surface area contributed by atoms with Gasteiger partial charge in [-0.15, -0.1) is 5.10 Å². The number of aromatic nitrogens is 2. The third kappa shape index (κ3) is 2.05. The maximum atomic E-state index is 11.4. The van der Waals surface area contributed by atoms with Crippen molar-refractivity contribution < 1.29 is 9.90 Å². The molecular formula is C13H19N3O2. The summed E-state index contributed by atoms with van der Waals surface area (Å²) in [4.78, 5) is 11.4. The molecule has 1 aliphatic rings. The minimum absolute atomic E-state index is 0.0145. The summed E-state index contributed by atoms with van der Waals surface area (Å²) in [6, 6.07) is 0. The molecule has 1 aliphatic carbocycles. The van der Waals surface area contributed by atoms with E-state index >= 15 is 0 Å². The summed E-state index contributed by atoms with van der Waals surface area (Å²) in [5.41, 5.74) is 1.62. The molecule has 5 nitrogen and oxygen atoms in total. The van der Waals surface area contributed by atoms with E-state index in [9.17, 15) is 9.90 Å². The van der Waals surface area contributed by atoms with E-state index in [1.807, 2.05) is 0 Å². The lowest BCUT2D eigenvalue weighted by atomic mass is 9.75. The second-order valence-corrected chi connectivity index (χ2v) is 5.05. The fourth-order valence-corrected chi connectivity index (χ4v) is 2.38. The number of carboxylic acid groups (broad SMARTS) is 1. The predicted octanol–water partition coefficient (Wildman–Crippen LogP) is 2.54. The average Bonchev–Trinajstić information content (AvgIpc) is 2.27. The molecule has 0 bridgehead atoms. The molecule has 1 aromatic rings. The Morgan fingerprint density at radius 1 is 1.39 bits per heavy atom. The fraction of sp³-hybridized carbons (Fsp3) is 0.615. The summed E-state index contributed by atoms with van der Waals surface area (Å²) in [5, 5.41) is 20.7. The number of anilines is 1. The first-order valence-corrected chi connectivity index (χ1v) is 6.34. The molecule has 0 aromatic carbocycles. The van der Waals surface area contributed by atoms with E-state index in [0.29, 0.717) is 17.1 Å². The number of carbonyl (C=O) groups is 1. The fourth-order valence-electron chi connectivity index (χ4n) is 2.38. The summed E-state index contributed by atoms with van der Waals surface area (Å²) in [6.45, 7) is 5.66. The lowest BCUT2D eigenvalue weighted by Crippen LogP contribution is -2.45. The van der Waals surface area contributed by atoms with E-state index in [0.717, 1.165) is 19.3 Å². The molecule has 98 valence electrons. The maximum Gasteiger partial charge on any atom is 0.339 e. The normalized spacial score (nSPS) is 17.1. The zero-order valence-corrected chi connectivity index (χ0v) is 11.1. The van der Waals surface area contributed by atoms with Crippen LogP contribution in [0.25, 0.3) is 0 Å². The Labute approximate surface area is 107 Å². The van der Waals surface area contributed by atoms with E-state index in [2.05, 4.69) is 22.4 Å². The number of nitrogens with one attached hydrogen (secondary N) is 1. The van der Waals surface area contributed by atoms with Crippen LogP contribution in [-0.4, -0.2) is 26.8 Å². The van der Waals surface area contributed by atoms with Crippen molar-refractivity contribution in [1.29, 1.82) is 0 Å². The molecule has 1 fully saturated rings. The Morgan fingerprint density at radius 2 is 2.06 bits per heavy atom. The second kappa shape index (κ2) is 4.55. The van der Waals surface area contributed by atoms with E-state index in [1.54, 1.807) is 13.8 Å². The highest BCUT2D eigenvalue weighted by Crippen LogP contribution is 2.38. The van der Waals surface area contributed by atoms with Gasteiger partial charge in [-0.05, 0) is 45.1 Å². The van der Waals surface area contributed by atoms with Gasteiger partial charge in [0.15, 0.2) is 5.82 Å². The van der Waals surface area contributed by atoms with Crippen LogP contribution in [0.4, 0.5) is 5.82 Å². The van der Waals surface area contributed by atoms with Crippen LogP contribution in [0.3, 0.4) is 0 Å². The summed E-state index contributed by atoms with van der Waals surface area (Å²) < 4.78 is 0. The Balaban J connectivity index is 2.38. The smallest absolute Gasteiger partial charge is 0.339 e. The molecule has 1 saturated carbocycles. The summed E-state index contributed by atoms with van der Waals surface area (Å²) in [5.74, 6) is -0.536. The molecular weight excluding hydrogens is 230 g/mol. The Morgan fingerprint density at radius 3 is 2.50 bits per heavy atom. The monoisotopic (exact) mass is 249 g/mol. The maximum absolute atomic E-state index is 11.4. The minimum Gasteiger partial charge on any atom is -0.478 e. The topological polar surface area (TPSA) is 75.1 Å². The van der Waals surface area contributed by atoms with Crippen LogP contribution in [-0.2, 0) is 0 Å². The van der Waals surface area contributed by atoms with Crippen LogP contribution in [0.15, 0.2) is 0 Å². The first-order valence-electron chi connectivity index (χ1n) is 6.34. The van der Waals surface area contributed by atoms with E-state index in [1.165, 1.54) is 6.42 Å². The third-order valence-corrected chi connectivity index (χ3v) is 4.04. The van der Waals surface area contributed by atoms with Crippen molar-refractivity contribution in [2.75, 3.05) is 5.32 Å². The quantitative estimate of drug-likeness (QED) is 0.857. The van der Waals surface area contributed by atoms with Crippen LogP contribution in [0.1, 0.15) is 54.2 Å². The molecule has 1 heterocycles. The average molecular weight is 249 g/mol. The van der Waals surface area contributed by atoms with Gasteiger partial charge in [-0.2, -0.15) is 5.10 Å². The van der Waals surface area contributed by atoms with Gasteiger partial charge in [0.25, 0.3) is 0 Å². The summed E-state index contributed by atoms with van der Waals surface area (Å²) in [7, 11) is 0. The van der Waals surface area contributed by atoms with Crippen molar-refractivity contribution in [3.8, 4) is 0 Å². The first-order chi connectivity index (χ1) is 8.49. The van der Waals surface area contributed by atoms with Gasteiger partial charge in [-0.3, -0.25) is 0 Å². The van der Waals surface area contributed by atoms with Crippen LogP contribution in [0.2, 0.25) is 0 Å². The predicted molar refractivity (Wildman–Crippen MR) is 69.0 cm³/mol.